The van der Waals surface area contributed by atoms with E-state index in [0.29, 0.717) is 12.6 Å². The van der Waals surface area contributed by atoms with Gasteiger partial charge in [0.1, 0.15) is 0 Å². The first-order chi connectivity index (χ1) is 7.34. The molecule has 0 unspecified atom stereocenters. The Labute approximate surface area is 88.6 Å². The first-order valence-electron chi connectivity index (χ1n) is 5.32. The molecule has 15 heavy (non-hydrogen) atoms. The van der Waals surface area contributed by atoms with Gasteiger partial charge in [0.25, 0.3) is 5.91 Å². The van der Waals surface area contributed by atoms with Crippen molar-refractivity contribution in [1.29, 1.82) is 0 Å². The molecule has 2 aliphatic rings. The molecule has 2 saturated heterocycles. The Hall–Kier alpha value is -1.35. The van der Waals surface area contributed by atoms with E-state index < -0.39 is 0 Å². The number of carbonyl (C=O) groups is 1. The van der Waals surface area contributed by atoms with E-state index in [1.807, 2.05) is 35.2 Å². The number of hydrogen-bond acceptors (Lipinski definition) is 2. The maximum Gasteiger partial charge on any atom is 0.254 e. The number of carbonyl (C=O) groups excluding carboxylic acids is 1. The summed E-state index contributed by atoms with van der Waals surface area (Å²) >= 11 is 0. The predicted molar refractivity (Wildman–Crippen MR) is 55.6 cm³/mol. The third-order valence-electron chi connectivity index (χ3n) is 3.18. The standard InChI is InChI=1S/C12H13NO2/c14-12(9-4-2-1-3-5-9)13-7-11-6-10(13)8-15-11/h1-5,10-11H,6-8H2/t10-,11+/m1/s1. The Morgan fingerprint density at radius 1 is 1.33 bits per heavy atom. The van der Waals surface area contributed by atoms with Crippen LogP contribution < -0.4 is 0 Å². The molecule has 0 radical (unpaired) electrons. The van der Waals surface area contributed by atoms with E-state index in [4.69, 9.17) is 4.74 Å². The number of benzene rings is 1. The van der Waals surface area contributed by atoms with Crippen molar-refractivity contribution in [2.24, 2.45) is 0 Å². The van der Waals surface area contributed by atoms with Gasteiger partial charge in [-0.3, -0.25) is 4.79 Å². The molecule has 1 aromatic carbocycles. The molecule has 1 amide bonds. The lowest BCUT2D eigenvalue weighted by Gasteiger charge is -2.26. The molecule has 78 valence electrons. The molecule has 3 heteroatoms. The van der Waals surface area contributed by atoms with Crippen LogP contribution in [0, 0.1) is 0 Å². The highest BCUT2D eigenvalue weighted by Crippen LogP contribution is 2.28. The van der Waals surface area contributed by atoms with E-state index in [2.05, 4.69) is 0 Å². The van der Waals surface area contributed by atoms with Crippen molar-refractivity contribution in [3.63, 3.8) is 0 Å². The lowest BCUT2D eigenvalue weighted by atomic mass is 10.2. The van der Waals surface area contributed by atoms with Crippen LogP contribution in [0.3, 0.4) is 0 Å². The summed E-state index contributed by atoms with van der Waals surface area (Å²) in [5.74, 6) is 0.145. The molecule has 2 aliphatic heterocycles. The van der Waals surface area contributed by atoms with Gasteiger partial charge in [-0.05, 0) is 18.6 Å². The zero-order valence-electron chi connectivity index (χ0n) is 8.43. The van der Waals surface area contributed by atoms with Gasteiger partial charge in [-0.2, -0.15) is 0 Å². The second-order valence-electron chi connectivity index (χ2n) is 4.17. The van der Waals surface area contributed by atoms with Crippen molar-refractivity contribution in [3.05, 3.63) is 35.9 Å². The number of likely N-dealkylation sites (tertiary alicyclic amines) is 1. The lowest BCUT2D eigenvalue weighted by Crippen LogP contribution is -2.41. The van der Waals surface area contributed by atoms with Gasteiger partial charge in [-0.25, -0.2) is 0 Å². The number of nitrogens with zero attached hydrogens (tertiary/aromatic N) is 1. The Balaban J connectivity index is 1.81. The monoisotopic (exact) mass is 203 g/mol. The van der Waals surface area contributed by atoms with Crippen LogP contribution in [0.4, 0.5) is 0 Å². The third kappa shape index (κ3) is 1.43. The Kier molecular flexibility index (Phi) is 1.99. The Bertz CT molecular complexity index is 376. The highest BCUT2D eigenvalue weighted by atomic mass is 16.5. The average molecular weight is 203 g/mol. The summed E-state index contributed by atoms with van der Waals surface area (Å²) in [6.45, 7) is 1.47. The van der Waals surface area contributed by atoms with Gasteiger partial charge < -0.3 is 9.64 Å². The van der Waals surface area contributed by atoms with Crippen LogP contribution in [0.25, 0.3) is 0 Å². The number of morpholine rings is 1. The number of rotatable bonds is 1. The second-order valence-corrected chi connectivity index (χ2v) is 4.17. The van der Waals surface area contributed by atoms with E-state index in [0.717, 1.165) is 18.5 Å². The van der Waals surface area contributed by atoms with Crippen molar-refractivity contribution in [2.75, 3.05) is 13.2 Å². The zero-order chi connectivity index (χ0) is 10.3. The SMILES string of the molecule is O=C(c1ccccc1)N1C[C@@H]2C[C@@H]1CO2. The third-order valence-corrected chi connectivity index (χ3v) is 3.18. The summed E-state index contributed by atoms with van der Waals surface area (Å²) in [5.41, 5.74) is 0.782. The van der Waals surface area contributed by atoms with Crippen molar-refractivity contribution < 1.29 is 9.53 Å². The number of amides is 1. The smallest absolute Gasteiger partial charge is 0.254 e. The van der Waals surface area contributed by atoms with E-state index >= 15 is 0 Å². The van der Waals surface area contributed by atoms with Crippen LogP contribution in [0.1, 0.15) is 16.8 Å². The summed E-state index contributed by atoms with van der Waals surface area (Å²) in [4.78, 5) is 14.1. The average Bonchev–Trinajstić information content (AvgIpc) is 2.91. The van der Waals surface area contributed by atoms with Crippen LogP contribution >= 0.6 is 0 Å². The normalized spacial score (nSPS) is 28.4. The molecule has 0 aliphatic carbocycles. The molecule has 0 N–H and O–H groups in total. The molecule has 2 heterocycles. The highest BCUT2D eigenvalue weighted by Gasteiger charge is 2.41. The second kappa shape index (κ2) is 3.35. The Morgan fingerprint density at radius 2 is 2.13 bits per heavy atom. The van der Waals surface area contributed by atoms with Crippen LogP contribution in [0.5, 0.6) is 0 Å². The van der Waals surface area contributed by atoms with Gasteiger partial charge in [-0.15, -0.1) is 0 Å². The fourth-order valence-electron chi connectivity index (χ4n) is 2.39. The summed E-state index contributed by atoms with van der Waals surface area (Å²) < 4.78 is 5.47. The Morgan fingerprint density at radius 3 is 2.73 bits per heavy atom. The van der Waals surface area contributed by atoms with Crippen molar-refractivity contribution in [3.8, 4) is 0 Å². The molecule has 2 bridgehead atoms. The van der Waals surface area contributed by atoms with Crippen molar-refractivity contribution in [1.82, 2.24) is 4.90 Å². The molecular formula is C12H13NO2. The van der Waals surface area contributed by atoms with Gasteiger partial charge in [0.15, 0.2) is 0 Å². The van der Waals surface area contributed by atoms with E-state index in [1.165, 1.54) is 0 Å². The van der Waals surface area contributed by atoms with Crippen molar-refractivity contribution >= 4 is 5.91 Å². The van der Waals surface area contributed by atoms with Gasteiger partial charge in [-0.1, -0.05) is 18.2 Å². The minimum Gasteiger partial charge on any atom is -0.374 e. The van der Waals surface area contributed by atoms with Crippen LogP contribution in [-0.4, -0.2) is 36.1 Å². The van der Waals surface area contributed by atoms with Gasteiger partial charge in [0, 0.05) is 12.1 Å². The van der Waals surface area contributed by atoms with E-state index in [9.17, 15) is 4.79 Å². The quantitative estimate of drug-likeness (QED) is 0.688. The van der Waals surface area contributed by atoms with E-state index in [1.54, 1.807) is 0 Å². The summed E-state index contributed by atoms with van der Waals surface area (Å²) in [6, 6.07) is 9.78. The summed E-state index contributed by atoms with van der Waals surface area (Å²) in [5, 5.41) is 0. The molecule has 1 aromatic rings. The first-order valence-corrected chi connectivity index (χ1v) is 5.32. The molecule has 3 nitrogen and oxygen atoms in total. The van der Waals surface area contributed by atoms with Gasteiger partial charge in [0.2, 0.25) is 0 Å². The zero-order valence-corrected chi connectivity index (χ0v) is 8.43. The first kappa shape index (κ1) is 8.92. The molecule has 0 saturated carbocycles. The minimum absolute atomic E-state index is 0.145. The topological polar surface area (TPSA) is 29.5 Å². The number of ether oxygens (including phenoxy) is 1. The summed E-state index contributed by atoms with van der Waals surface area (Å²) in [7, 11) is 0. The highest BCUT2D eigenvalue weighted by molar-refractivity contribution is 5.94. The lowest BCUT2D eigenvalue weighted by molar-refractivity contribution is 0.0259. The van der Waals surface area contributed by atoms with Crippen molar-refractivity contribution in [2.45, 2.75) is 18.6 Å². The number of fused-ring (bicyclic) bond motifs is 2. The molecule has 3 rings (SSSR count). The van der Waals surface area contributed by atoms with Crippen LogP contribution in [0.2, 0.25) is 0 Å². The maximum atomic E-state index is 12.1. The molecular weight excluding hydrogens is 190 g/mol. The van der Waals surface area contributed by atoms with E-state index in [-0.39, 0.29) is 12.0 Å². The predicted octanol–water partition coefficient (Wildman–Crippen LogP) is 1.30. The van der Waals surface area contributed by atoms with Crippen LogP contribution in [-0.2, 0) is 4.74 Å². The molecule has 2 fully saturated rings. The number of hydrogen-bond donors (Lipinski definition) is 0. The molecule has 0 spiro atoms. The van der Waals surface area contributed by atoms with Gasteiger partial charge >= 0.3 is 0 Å². The fourth-order valence-corrected chi connectivity index (χ4v) is 2.39. The molecule has 2 atom stereocenters. The fraction of sp³-hybridized carbons (Fsp3) is 0.417. The molecule has 0 aromatic heterocycles. The van der Waals surface area contributed by atoms with Crippen LogP contribution in [0.15, 0.2) is 30.3 Å². The maximum absolute atomic E-state index is 12.1. The minimum atomic E-state index is 0.145. The summed E-state index contributed by atoms with van der Waals surface area (Å²) in [6.07, 6.45) is 1.29. The van der Waals surface area contributed by atoms with Gasteiger partial charge in [0.05, 0.1) is 18.8 Å². The largest absolute Gasteiger partial charge is 0.374 e.